The van der Waals surface area contributed by atoms with Crippen molar-refractivity contribution >= 4 is 5.91 Å². The number of primary amides is 1. The molecule has 0 bridgehead atoms. The van der Waals surface area contributed by atoms with Crippen LogP contribution in [0.3, 0.4) is 0 Å². The molecule has 1 rings (SSSR count). The van der Waals surface area contributed by atoms with Crippen LogP contribution in [0, 0.1) is 13.8 Å². The van der Waals surface area contributed by atoms with Gasteiger partial charge in [0.2, 0.25) is 0 Å². The van der Waals surface area contributed by atoms with Crippen molar-refractivity contribution in [3.63, 3.8) is 0 Å². The largest absolute Gasteiger partial charge is 0.480 e. The zero-order chi connectivity index (χ0) is 16.2. The fraction of sp³-hybridized carbons (Fsp3) is 0.588. The second-order valence-electron chi connectivity index (χ2n) is 6.58. The molecule has 0 aliphatic heterocycles. The van der Waals surface area contributed by atoms with Crippen molar-refractivity contribution in [3.8, 4) is 5.75 Å². The average Bonchev–Trinajstić information content (AvgIpc) is 2.34. The number of nitrogens with two attached hydrogens (primary N) is 1. The second-order valence-corrected chi connectivity index (χ2v) is 6.58. The van der Waals surface area contributed by atoms with Gasteiger partial charge in [0.15, 0.2) is 6.10 Å². The maximum Gasteiger partial charge on any atom is 0.258 e. The first-order chi connectivity index (χ1) is 9.64. The maximum absolute atomic E-state index is 11.3. The molecule has 1 amide bonds. The molecule has 0 aromatic heterocycles. The van der Waals surface area contributed by atoms with Gasteiger partial charge in [0.1, 0.15) is 5.75 Å². The van der Waals surface area contributed by atoms with E-state index in [1.807, 2.05) is 20.8 Å². The summed E-state index contributed by atoms with van der Waals surface area (Å²) < 4.78 is 5.79. The van der Waals surface area contributed by atoms with Crippen molar-refractivity contribution in [1.29, 1.82) is 0 Å². The predicted molar refractivity (Wildman–Crippen MR) is 86.4 cm³/mol. The van der Waals surface area contributed by atoms with Crippen molar-refractivity contribution in [1.82, 2.24) is 5.32 Å². The van der Waals surface area contributed by atoms with E-state index in [0.717, 1.165) is 23.4 Å². The van der Waals surface area contributed by atoms with Crippen LogP contribution in [0.4, 0.5) is 0 Å². The first-order valence-corrected chi connectivity index (χ1v) is 7.45. The van der Waals surface area contributed by atoms with Crippen molar-refractivity contribution in [2.45, 2.75) is 66.2 Å². The molecule has 21 heavy (non-hydrogen) atoms. The van der Waals surface area contributed by atoms with Gasteiger partial charge in [-0.15, -0.1) is 0 Å². The Labute approximate surface area is 128 Å². The molecule has 1 atom stereocenters. The van der Waals surface area contributed by atoms with Gasteiger partial charge in [-0.25, -0.2) is 0 Å². The van der Waals surface area contributed by atoms with Gasteiger partial charge in [0, 0.05) is 12.1 Å². The van der Waals surface area contributed by atoms with Gasteiger partial charge < -0.3 is 15.8 Å². The SMILES string of the molecule is CCC(Oc1c(C)cc(CNC(C)(C)C)cc1C)C(N)=O. The Balaban J connectivity index is 2.92. The summed E-state index contributed by atoms with van der Waals surface area (Å²) in [4.78, 5) is 11.3. The summed E-state index contributed by atoms with van der Waals surface area (Å²) in [7, 11) is 0. The number of carbonyl (C=O) groups is 1. The van der Waals surface area contributed by atoms with Crippen LogP contribution >= 0.6 is 0 Å². The number of aryl methyl sites for hydroxylation is 2. The van der Waals surface area contributed by atoms with Crippen molar-refractivity contribution in [2.24, 2.45) is 5.73 Å². The molecule has 118 valence electrons. The van der Waals surface area contributed by atoms with Crippen LogP contribution in [0.1, 0.15) is 50.8 Å². The van der Waals surface area contributed by atoms with Crippen molar-refractivity contribution in [3.05, 3.63) is 28.8 Å². The van der Waals surface area contributed by atoms with E-state index in [0.29, 0.717) is 6.42 Å². The molecule has 0 fully saturated rings. The third-order valence-electron chi connectivity index (χ3n) is 3.29. The van der Waals surface area contributed by atoms with Crippen LogP contribution in [0.5, 0.6) is 5.75 Å². The quantitative estimate of drug-likeness (QED) is 0.847. The van der Waals surface area contributed by atoms with Gasteiger partial charge in [0.25, 0.3) is 5.91 Å². The van der Waals surface area contributed by atoms with Crippen LogP contribution < -0.4 is 15.8 Å². The van der Waals surface area contributed by atoms with Gasteiger partial charge in [-0.05, 0) is 57.7 Å². The van der Waals surface area contributed by atoms with E-state index >= 15 is 0 Å². The zero-order valence-electron chi connectivity index (χ0n) is 14.0. The molecule has 4 heteroatoms. The summed E-state index contributed by atoms with van der Waals surface area (Å²) in [6, 6.07) is 4.18. The van der Waals surface area contributed by atoms with E-state index in [2.05, 4.69) is 38.2 Å². The van der Waals surface area contributed by atoms with Gasteiger partial charge >= 0.3 is 0 Å². The van der Waals surface area contributed by atoms with Crippen molar-refractivity contribution in [2.75, 3.05) is 0 Å². The first-order valence-electron chi connectivity index (χ1n) is 7.45. The predicted octanol–water partition coefficient (Wildman–Crippen LogP) is 2.83. The number of hydrogen-bond donors (Lipinski definition) is 2. The molecule has 1 unspecified atom stereocenters. The third kappa shape index (κ3) is 5.38. The van der Waals surface area contributed by atoms with Crippen LogP contribution in [0.25, 0.3) is 0 Å². The summed E-state index contributed by atoms with van der Waals surface area (Å²) >= 11 is 0. The minimum atomic E-state index is -0.569. The van der Waals surface area contributed by atoms with E-state index in [9.17, 15) is 4.79 Å². The summed E-state index contributed by atoms with van der Waals surface area (Å²) in [5, 5.41) is 3.47. The molecule has 1 aromatic rings. The highest BCUT2D eigenvalue weighted by molar-refractivity contribution is 5.79. The summed E-state index contributed by atoms with van der Waals surface area (Å²) in [6.07, 6.45) is 0.00241. The highest BCUT2D eigenvalue weighted by Crippen LogP contribution is 2.26. The minimum Gasteiger partial charge on any atom is -0.480 e. The van der Waals surface area contributed by atoms with Crippen LogP contribution in [-0.4, -0.2) is 17.6 Å². The number of nitrogens with one attached hydrogen (secondary N) is 1. The topological polar surface area (TPSA) is 64.3 Å². The van der Waals surface area contributed by atoms with E-state index in [1.54, 1.807) is 0 Å². The number of hydrogen-bond acceptors (Lipinski definition) is 3. The Kier molecular flexibility index (Phi) is 5.78. The fourth-order valence-corrected chi connectivity index (χ4v) is 2.18. The molecular formula is C17H28N2O2. The molecular weight excluding hydrogens is 264 g/mol. The summed E-state index contributed by atoms with van der Waals surface area (Å²) in [5.41, 5.74) is 8.69. The Morgan fingerprint density at radius 2 is 1.81 bits per heavy atom. The number of benzene rings is 1. The zero-order valence-corrected chi connectivity index (χ0v) is 14.0. The van der Waals surface area contributed by atoms with Gasteiger partial charge in [0.05, 0.1) is 0 Å². The molecule has 3 N–H and O–H groups in total. The fourth-order valence-electron chi connectivity index (χ4n) is 2.18. The minimum absolute atomic E-state index is 0.0796. The van der Waals surface area contributed by atoms with Crippen LogP contribution in [0.15, 0.2) is 12.1 Å². The molecule has 0 heterocycles. The monoisotopic (exact) mass is 292 g/mol. The lowest BCUT2D eigenvalue weighted by atomic mass is 10.0. The van der Waals surface area contributed by atoms with Gasteiger partial charge in [-0.3, -0.25) is 4.79 Å². The summed E-state index contributed by atoms with van der Waals surface area (Å²) in [6.45, 7) is 13.1. The molecule has 1 aromatic carbocycles. The number of carbonyl (C=O) groups excluding carboxylic acids is 1. The van der Waals surface area contributed by atoms with E-state index in [-0.39, 0.29) is 5.54 Å². The van der Waals surface area contributed by atoms with E-state index < -0.39 is 12.0 Å². The Morgan fingerprint density at radius 3 is 2.19 bits per heavy atom. The highest BCUT2D eigenvalue weighted by Gasteiger charge is 2.18. The molecule has 0 aliphatic rings. The second kappa shape index (κ2) is 6.94. The van der Waals surface area contributed by atoms with Crippen molar-refractivity contribution < 1.29 is 9.53 Å². The average molecular weight is 292 g/mol. The molecule has 0 saturated heterocycles. The third-order valence-corrected chi connectivity index (χ3v) is 3.29. The molecule has 4 nitrogen and oxygen atoms in total. The molecule has 0 radical (unpaired) electrons. The number of rotatable bonds is 6. The Hall–Kier alpha value is -1.55. The number of amides is 1. The van der Waals surface area contributed by atoms with E-state index in [1.165, 1.54) is 5.56 Å². The smallest absolute Gasteiger partial charge is 0.258 e. The van der Waals surface area contributed by atoms with Crippen LogP contribution in [0.2, 0.25) is 0 Å². The summed E-state index contributed by atoms with van der Waals surface area (Å²) in [5.74, 6) is 0.343. The lowest BCUT2D eigenvalue weighted by Crippen LogP contribution is -2.35. The van der Waals surface area contributed by atoms with Gasteiger partial charge in [-0.2, -0.15) is 0 Å². The molecule has 0 saturated carbocycles. The highest BCUT2D eigenvalue weighted by atomic mass is 16.5. The lowest BCUT2D eigenvalue weighted by molar-refractivity contribution is -0.124. The number of ether oxygens (including phenoxy) is 1. The Bertz CT molecular complexity index is 481. The molecule has 0 spiro atoms. The van der Waals surface area contributed by atoms with E-state index in [4.69, 9.17) is 10.5 Å². The normalized spacial score (nSPS) is 13.0. The Morgan fingerprint density at radius 1 is 1.29 bits per heavy atom. The van der Waals surface area contributed by atoms with Gasteiger partial charge in [-0.1, -0.05) is 19.1 Å². The first kappa shape index (κ1) is 17.5. The van der Waals surface area contributed by atoms with Crippen LogP contribution in [-0.2, 0) is 11.3 Å². The molecule has 0 aliphatic carbocycles. The lowest BCUT2D eigenvalue weighted by Gasteiger charge is -2.22. The maximum atomic E-state index is 11.3. The standard InChI is InChI=1S/C17H28N2O2/c1-7-14(16(18)20)21-15-11(2)8-13(9-12(15)3)10-19-17(4,5)6/h8-9,14,19H,7,10H2,1-6H3,(H2,18,20).